The van der Waals surface area contributed by atoms with Crippen LogP contribution in [-0.2, 0) is 0 Å². The summed E-state index contributed by atoms with van der Waals surface area (Å²) in [4.78, 5) is 19.4. The Morgan fingerprint density at radius 2 is 1.09 bits per heavy atom. The summed E-state index contributed by atoms with van der Waals surface area (Å²) in [5.74, 6) is 1.93. The molecule has 0 spiro atoms. The van der Waals surface area contributed by atoms with Crippen molar-refractivity contribution < 1.29 is 4.42 Å². The molecule has 3 heterocycles. The highest BCUT2D eigenvalue weighted by molar-refractivity contribution is 6.19. The van der Waals surface area contributed by atoms with Crippen LogP contribution < -0.4 is 0 Å². The highest BCUT2D eigenvalue weighted by Gasteiger charge is 2.17. The number of pyridine rings is 1. The third-order valence-corrected chi connectivity index (χ3v) is 8.36. The van der Waals surface area contributed by atoms with Crippen molar-refractivity contribution in [2.24, 2.45) is 0 Å². The molecule has 0 atom stereocenters. The molecule has 0 saturated carbocycles. The van der Waals surface area contributed by atoms with Crippen molar-refractivity contribution in [3.8, 4) is 45.3 Å². The number of furan rings is 1. The summed E-state index contributed by atoms with van der Waals surface area (Å²) in [6.07, 6.45) is 1.82. The second-order valence-corrected chi connectivity index (χ2v) is 11.1. The van der Waals surface area contributed by atoms with Gasteiger partial charge in [0.1, 0.15) is 11.1 Å². The van der Waals surface area contributed by atoms with Crippen LogP contribution in [0.1, 0.15) is 0 Å². The Morgan fingerprint density at radius 3 is 1.84 bits per heavy atom. The van der Waals surface area contributed by atoms with Gasteiger partial charge in [0.15, 0.2) is 23.1 Å². The zero-order valence-corrected chi connectivity index (χ0v) is 24.1. The lowest BCUT2D eigenvalue weighted by Gasteiger charge is -2.11. The number of fused-ring (bicyclic) bond motifs is 6. The molecule has 0 aliphatic carbocycles. The van der Waals surface area contributed by atoms with E-state index in [1.54, 1.807) is 0 Å². The SMILES string of the molecule is c1ccc(-c2nc(-c3ccccc3)nc(-c3ccc4c(-c5cccc6oc7c(ccc8cccnc87)c56)cccc4c3)n2)cc1. The van der Waals surface area contributed by atoms with Gasteiger partial charge < -0.3 is 4.42 Å². The molecule has 0 radical (unpaired) electrons. The Bertz CT molecular complexity index is 2480. The summed E-state index contributed by atoms with van der Waals surface area (Å²) in [5.41, 5.74) is 7.63. The van der Waals surface area contributed by atoms with Crippen LogP contribution in [0.3, 0.4) is 0 Å². The van der Waals surface area contributed by atoms with Crippen molar-refractivity contribution in [1.29, 1.82) is 0 Å². The summed E-state index contributed by atoms with van der Waals surface area (Å²) >= 11 is 0. The summed E-state index contributed by atoms with van der Waals surface area (Å²) in [6.45, 7) is 0. The topological polar surface area (TPSA) is 64.7 Å². The molecule has 5 nitrogen and oxygen atoms in total. The quantitative estimate of drug-likeness (QED) is 0.209. The minimum atomic E-state index is 0.636. The van der Waals surface area contributed by atoms with E-state index in [1.807, 2.05) is 79.0 Å². The lowest BCUT2D eigenvalue weighted by Crippen LogP contribution is -2.00. The molecule has 5 heteroatoms. The van der Waals surface area contributed by atoms with E-state index in [0.717, 1.165) is 71.4 Å². The average Bonchev–Trinajstić information content (AvgIpc) is 3.51. The smallest absolute Gasteiger partial charge is 0.164 e. The Hall–Kier alpha value is -6.20. The van der Waals surface area contributed by atoms with E-state index in [9.17, 15) is 0 Å². The Kier molecular flexibility index (Phi) is 5.74. The maximum atomic E-state index is 6.43. The molecule has 0 N–H and O–H groups in total. The summed E-state index contributed by atoms with van der Waals surface area (Å²) < 4.78 is 6.43. The molecule has 9 rings (SSSR count). The molecule has 0 fully saturated rings. The molecule has 210 valence electrons. The van der Waals surface area contributed by atoms with Crippen LogP contribution in [0, 0.1) is 0 Å². The Balaban J connectivity index is 1.22. The molecule has 9 aromatic rings. The Labute approximate surface area is 258 Å². The molecule has 0 unspecified atom stereocenters. The van der Waals surface area contributed by atoms with Gasteiger partial charge >= 0.3 is 0 Å². The van der Waals surface area contributed by atoms with E-state index < -0.39 is 0 Å². The predicted octanol–water partition coefficient (Wildman–Crippen LogP) is 10.1. The zero-order chi connectivity index (χ0) is 29.7. The fourth-order valence-corrected chi connectivity index (χ4v) is 6.24. The van der Waals surface area contributed by atoms with Crippen molar-refractivity contribution in [3.05, 3.63) is 146 Å². The van der Waals surface area contributed by atoms with Crippen LogP contribution in [0.5, 0.6) is 0 Å². The van der Waals surface area contributed by atoms with Crippen LogP contribution >= 0.6 is 0 Å². The third-order valence-electron chi connectivity index (χ3n) is 8.36. The van der Waals surface area contributed by atoms with Crippen molar-refractivity contribution in [2.75, 3.05) is 0 Å². The van der Waals surface area contributed by atoms with Gasteiger partial charge in [-0.3, -0.25) is 4.98 Å². The van der Waals surface area contributed by atoms with Crippen molar-refractivity contribution in [1.82, 2.24) is 19.9 Å². The molecule has 0 saturated heterocycles. The average molecular weight is 577 g/mol. The molecule has 3 aromatic heterocycles. The van der Waals surface area contributed by atoms with Gasteiger partial charge in [0, 0.05) is 39.0 Å². The lowest BCUT2D eigenvalue weighted by molar-refractivity contribution is 0.672. The number of aromatic nitrogens is 4. The van der Waals surface area contributed by atoms with Crippen molar-refractivity contribution >= 4 is 43.6 Å². The van der Waals surface area contributed by atoms with Crippen LogP contribution in [0.4, 0.5) is 0 Å². The second-order valence-electron chi connectivity index (χ2n) is 11.1. The van der Waals surface area contributed by atoms with E-state index in [4.69, 9.17) is 19.4 Å². The highest BCUT2D eigenvalue weighted by Crippen LogP contribution is 2.41. The van der Waals surface area contributed by atoms with Gasteiger partial charge in [-0.2, -0.15) is 0 Å². The second kappa shape index (κ2) is 10.2. The first kappa shape index (κ1) is 25.3. The molecule has 0 bridgehead atoms. The van der Waals surface area contributed by atoms with Gasteiger partial charge in [0.25, 0.3) is 0 Å². The molecule has 0 aliphatic heterocycles. The molecule has 0 amide bonds. The first-order valence-electron chi connectivity index (χ1n) is 14.9. The standard InChI is InChI=1S/C40H24N4O/c1-3-10-26(11-4-1)38-42-39(27-12-5-2-6-13-27)44-40(43-38)29-20-21-30-28(24-29)14-7-16-31(30)32-17-8-18-34-35(32)33-22-19-25-15-9-23-41-36(25)37(33)45-34/h1-24H. The fraction of sp³-hybridized carbons (Fsp3) is 0. The minimum absolute atomic E-state index is 0.636. The number of nitrogens with zero attached hydrogens (tertiary/aromatic N) is 4. The van der Waals surface area contributed by atoms with E-state index in [1.165, 1.54) is 0 Å². The normalized spacial score (nSPS) is 11.6. The van der Waals surface area contributed by atoms with Gasteiger partial charge in [-0.15, -0.1) is 0 Å². The zero-order valence-electron chi connectivity index (χ0n) is 24.1. The Morgan fingerprint density at radius 1 is 0.444 bits per heavy atom. The summed E-state index contributed by atoms with van der Waals surface area (Å²) in [6, 6.07) is 47.5. The van der Waals surface area contributed by atoms with E-state index in [0.29, 0.717) is 17.5 Å². The molecule has 6 aromatic carbocycles. The van der Waals surface area contributed by atoms with Crippen LogP contribution in [0.2, 0.25) is 0 Å². The van der Waals surface area contributed by atoms with E-state index in [-0.39, 0.29) is 0 Å². The van der Waals surface area contributed by atoms with Gasteiger partial charge in [0.05, 0.1) is 0 Å². The molecular formula is C40H24N4O. The maximum absolute atomic E-state index is 6.43. The van der Waals surface area contributed by atoms with Gasteiger partial charge in [-0.05, 0) is 46.2 Å². The third kappa shape index (κ3) is 4.25. The fourth-order valence-electron chi connectivity index (χ4n) is 6.24. The number of hydrogen-bond donors (Lipinski definition) is 0. The molecule has 0 aliphatic rings. The first-order chi connectivity index (χ1) is 22.3. The number of rotatable bonds is 4. The predicted molar refractivity (Wildman–Crippen MR) is 182 cm³/mol. The van der Waals surface area contributed by atoms with Gasteiger partial charge in [-0.1, -0.05) is 115 Å². The molecule has 45 heavy (non-hydrogen) atoms. The van der Waals surface area contributed by atoms with Crippen LogP contribution in [0.15, 0.2) is 150 Å². The largest absolute Gasteiger partial charge is 0.454 e. The highest BCUT2D eigenvalue weighted by atomic mass is 16.3. The van der Waals surface area contributed by atoms with Crippen LogP contribution in [-0.4, -0.2) is 19.9 Å². The minimum Gasteiger partial charge on any atom is -0.454 e. The molecular weight excluding hydrogens is 552 g/mol. The monoisotopic (exact) mass is 576 g/mol. The lowest BCUT2D eigenvalue weighted by atomic mass is 9.93. The van der Waals surface area contributed by atoms with Gasteiger partial charge in [0.2, 0.25) is 0 Å². The van der Waals surface area contributed by atoms with Crippen LogP contribution in [0.25, 0.3) is 88.9 Å². The van der Waals surface area contributed by atoms with E-state index in [2.05, 4.69) is 71.7 Å². The van der Waals surface area contributed by atoms with E-state index >= 15 is 0 Å². The number of benzene rings is 6. The summed E-state index contributed by atoms with van der Waals surface area (Å²) in [5, 5.41) is 5.46. The maximum Gasteiger partial charge on any atom is 0.164 e. The summed E-state index contributed by atoms with van der Waals surface area (Å²) in [7, 11) is 0. The first-order valence-corrected chi connectivity index (χ1v) is 14.9. The van der Waals surface area contributed by atoms with Crippen molar-refractivity contribution in [3.63, 3.8) is 0 Å². The van der Waals surface area contributed by atoms with Gasteiger partial charge in [-0.25, -0.2) is 15.0 Å². The van der Waals surface area contributed by atoms with Crippen molar-refractivity contribution in [2.45, 2.75) is 0 Å². The number of hydrogen-bond acceptors (Lipinski definition) is 5.